The number of thioether (sulfide) groups is 1. The van der Waals surface area contributed by atoms with E-state index in [9.17, 15) is 0 Å². The summed E-state index contributed by atoms with van der Waals surface area (Å²) < 4.78 is 0. The fraction of sp³-hybridized carbons (Fsp3) is 0.375. The molecule has 3 heteroatoms. The molecule has 2 heterocycles. The lowest BCUT2D eigenvalue weighted by atomic mass is 10.1. The number of hydrogen-bond acceptors (Lipinski definition) is 3. The molecule has 1 unspecified atom stereocenters. The van der Waals surface area contributed by atoms with Gasteiger partial charge in [0.1, 0.15) is 5.82 Å². The third kappa shape index (κ3) is 1.09. The van der Waals surface area contributed by atoms with Crippen LogP contribution in [-0.2, 0) is 6.42 Å². The number of pyridine rings is 1. The molecule has 0 spiro atoms. The molecule has 0 amide bonds. The van der Waals surface area contributed by atoms with E-state index in [4.69, 9.17) is 5.73 Å². The molecule has 1 aromatic heterocycles. The van der Waals surface area contributed by atoms with Gasteiger partial charge in [0.05, 0.1) is 4.90 Å². The Morgan fingerprint density at radius 1 is 1.73 bits per heavy atom. The first-order chi connectivity index (χ1) is 5.27. The van der Waals surface area contributed by atoms with Gasteiger partial charge in [-0.3, -0.25) is 0 Å². The second-order valence-electron chi connectivity index (χ2n) is 2.82. The fourth-order valence-corrected chi connectivity index (χ4v) is 2.50. The van der Waals surface area contributed by atoms with Crippen molar-refractivity contribution in [2.45, 2.75) is 23.5 Å². The summed E-state index contributed by atoms with van der Waals surface area (Å²) in [6.45, 7) is 2.21. The van der Waals surface area contributed by atoms with Crippen LogP contribution in [0.15, 0.2) is 17.2 Å². The van der Waals surface area contributed by atoms with E-state index in [1.807, 2.05) is 11.8 Å². The molecular weight excluding hydrogens is 156 g/mol. The minimum atomic E-state index is 0.663. The van der Waals surface area contributed by atoms with Crippen LogP contribution in [-0.4, -0.2) is 10.2 Å². The molecule has 58 valence electrons. The zero-order valence-corrected chi connectivity index (χ0v) is 7.19. The van der Waals surface area contributed by atoms with E-state index in [0.717, 1.165) is 6.42 Å². The fourth-order valence-electron chi connectivity index (χ4n) is 1.36. The smallest absolute Gasteiger partial charge is 0.137 e. The Balaban J connectivity index is 2.49. The van der Waals surface area contributed by atoms with Crippen molar-refractivity contribution in [1.29, 1.82) is 0 Å². The maximum absolute atomic E-state index is 5.70. The Hall–Kier alpha value is -0.700. The van der Waals surface area contributed by atoms with Gasteiger partial charge in [-0.05, 0) is 18.1 Å². The maximum atomic E-state index is 5.70. The summed E-state index contributed by atoms with van der Waals surface area (Å²) in [5, 5.41) is 0.663. The van der Waals surface area contributed by atoms with E-state index in [2.05, 4.69) is 18.0 Å². The average molecular weight is 166 g/mol. The van der Waals surface area contributed by atoms with Crippen molar-refractivity contribution >= 4 is 17.6 Å². The standard InChI is InChI=1S/C8H10N2S/c1-5-4-6-2-3-10-8(9)7(6)11-5/h2-3,5H,4H2,1H3,(H2,9,10). The molecule has 2 rings (SSSR count). The van der Waals surface area contributed by atoms with Crippen molar-refractivity contribution < 1.29 is 0 Å². The van der Waals surface area contributed by atoms with E-state index in [1.165, 1.54) is 10.5 Å². The van der Waals surface area contributed by atoms with Gasteiger partial charge in [-0.15, -0.1) is 11.8 Å². The molecule has 0 saturated carbocycles. The van der Waals surface area contributed by atoms with Gasteiger partial charge in [0, 0.05) is 11.4 Å². The Morgan fingerprint density at radius 3 is 3.27 bits per heavy atom. The summed E-state index contributed by atoms with van der Waals surface area (Å²) in [4.78, 5) is 5.24. The Labute approximate surface area is 70.2 Å². The van der Waals surface area contributed by atoms with Crippen molar-refractivity contribution in [3.8, 4) is 0 Å². The van der Waals surface area contributed by atoms with E-state index in [1.54, 1.807) is 6.20 Å². The summed E-state index contributed by atoms with van der Waals surface area (Å²) in [6, 6.07) is 2.06. The predicted octanol–water partition coefficient (Wildman–Crippen LogP) is 1.70. The third-order valence-corrected chi connectivity index (χ3v) is 3.12. The summed E-state index contributed by atoms with van der Waals surface area (Å²) in [5.41, 5.74) is 7.06. The average Bonchev–Trinajstić information content (AvgIpc) is 2.31. The summed E-state index contributed by atoms with van der Waals surface area (Å²) in [5.74, 6) is 0.692. The third-order valence-electron chi connectivity index (χ3n) is 1.84. The van der Waals surface area contributed by atoms with E-state index < -0.39 is 0 Å². The first kappa shape index (κ1) is 6.98. The highest BCUT2D eigenvalue weighted by molar-refractivity contribution is 8.00. The van der Waals surface area contributed by atoms with Crippen LogP contribution in [0.25, 0.3) is 0 Å². The highest BCUT2D eigenvalue weighted by Crippen LogP contribution is 2.39. The van der Waals surface area contributed by atoms with Crippen LogP contribution in [0.1, 0.15) is 12.5 Å². The zero-order valence-electron chi connectivity index (χ0n) is 6.37. The molecule has 0 bridgehead atoms. The van der Waals surface area contributed by atoms with Crippen molar-refractivity contribution in [2.24, 2.45) is 0 Å². The molecule has 0 saturated heterocycles. The number of nitrogens with two attached hydrogens (primary N) is 1. The van der Waals surface area contributed by atoms with Gasteiger partial charge < -0.3 is 5.73 Å². The lowest BCUT2D eigenvalue weighted by Gasteiger charge is -1.98. The van der Waals surface area contributed by atoms with E-state index >= 15 is 0 Å². The quantitative estimate of drug-likeness (QED) is 0.637. The van der Waals surface area contributed by atoms with Crippen LogP contribution >= 0.6 is 11.8 Å². The first-order valence-corrected chi connectivity index (χ1v) is 4.55. The zero-order chi connectivity index (χ0) is 7.84. The number of nitrogen functional groups attached to an aromatic ring is 1. The van der Waals surface area contributed by atoms with Crippen LogP contribution < -0.4 is 5.73 Å². The van der Waals surface area contributed by atoms with Crippen LogP contribution in [0.2, 0.25) is 0 Å². The van der Waals surface area contributed by atoms with Gasteiger partial charge in [0.2, 0.25) is 0 Å². The van der Waals surface area contributed by atoms with Gasteiger partial charge in [-0.1, -0.05) is 6.92 Å². The maximum Gasteiger partial charge on any atom is 0.137 e. The van der Waals surface area contributed by atoms with Gasteiger partial charge >= 0.3 is 0 Å². The van der Waals surface area contributed by atoms with Crippen LogP contribution in [0.5, 0.6) is 0 Å². The topological polar surface area (TPSA) is 38.9 Å². The Bertz CT molecular complexity index is 285. The Kier molecular flexibility index (Phi) is 1.53. The van der Waals surface area contributed by atoms with E-state index in [0.29, 0.717) is 11.1 Å². The highest BCUT2D eigenvalue weighted by Gasteiger charge is 2.20. The number of fused-ring (bicyclic) bond motifs is 1. The highest BCUT2D eigenvalue weighted by atomic mass is 32.2. The summed E-state index contributed by atoms with van der Waals surface area (Å²) in [7, 11) is 0. The normalized spacial score (nSPS) is 21.7. The number of rotatable bonds is 0. The SMILES string of the molecule is CC1Cc2ccnc(N)c2S1. The Morgan fingerprint density at radius 2 is 2.55 bits per heavy atom. The first-order valence-electron chi connectivity index (χ1n) is 3.67. The van der Waals surface area contributed by atoms with Crippen LogP contribution in [0.3, 0.4) is 0 Å². The van der Waals surface area contributed by atoms with Crippen molar-refractivity contribution in [2.75, 3.05) is 5.73 Å². The van der Waals surface area contributed by atoms with Gasteiger partial charge in [-0.25, -0.2) is 4.98 Å². The number of hydrogen-bond donors (Lipinski definition) is 1. The number of aromatic nitrogens is 1. The molecule has 2 nitrogen and oxygen atoms in total. The summed E-state index contributed by atoms with van der Waals surface area (Å²) >= 11 is 1.83. The lowest BCUT2D eigenvalue weighted by Crippen LogP contribution is -1.92. The largest absolute Gasteiger partial charge is 0.383 e. The molecule has 0 fully saturated rings. The second kappa shape index (κ2) is 2.41. The molecule has 2 N–H and O–H groups in total. The molecule has 1 aliphatic rings. The molecular formula is C8H10N2S. The molecule has 1 atom stereocenters. The second-order valence-corrected chi connectivity index (χ2v) is 4.27. The van der Waals surface area contributed by atoms with Crippen molar-refractivity contribution in [1.82, 2.24) is 4.98 Å². The van der Waals surface area contributed by atoms with Gasteiger partial charge in [-0.2, -0.15) is 0 Å². The number of nitrogens with zero attached hydrogens (tertiary/aromatic N) is 1. The minimum Gasteiger partial charge on any atom is -0.383 e. The molecule has 0 aliphatic carbocycles. The van der Waals surface area contributed by atoms with Crippen molar-refractivity contribution in [3.05, 3.63) is 17.8 Å². The summed E-state index contributed by atoms with van der Waals surface area (Å²) in [6.07, 6.45) is 2.92. The van der Waals surface area contributed by atoms with E-state index in [-0.39, 0.29) is 0 Å². The molecule has 11 heavy (non-hydrogen) atoms. The predicted molar refractivity (Wildman–Crippen MR) is 47.7 cm³/mol. The van der Waals surface area contributed by atoms with Crippen molar-refractivity contribution in [3.63, 3.8) is 0 Å². The monoisotopic (exact) mass is 166 g/mol. The lowest BCUT2D eigenvalue weighted by molar-refractivity contribution is 0.956. The molecule has 1 aliphatic heterocycles. The van der Waals surface area contributed by atoms with Gasteiger partial charge in [0.25, 0.3) is 0 Å². The number of anilines is 1. The molecule has 0 radical (unpaired) electrons. The molecule has 1 aromatic rings. The van der Waals surface area contributed by atoms with Crippen LogP contribution in [0.4, 0.5) is 5.82 Å². The minimum absolute atomic E-state index is 0.663. The van der Waals surface area contributed by atoms with Crippen LogP contribution in [0, 0.1) is 0 Å². The molecule has 0 aromatic carbocycles. The van der Waals surface area contributed by atoms with Gasteiger partial charge in [0.15, 0.2) is 0 Å².